The number of carbonyl (C=O) groups is 1. The molecule has 0 aliphatic carbocycles. The van der Waals surface area contributed by atoms with E-state index in [9.17, 15) is 9.18 Å². The van der Waals surface area contributed by atoms with Crippen molar-refractivity contribution in [3.8, 4) is 5.75 Å². The Morgan fingerprint density at radius 1 is 1.17 bits per heavy atom. The van der Waals surface area contributed by atoms with Crippen molar-refractivity contribution in [2.24, 2.45) is 0 Å². The normalized spacial score (nSPS) is 16.3. The lowest BCUT2D eigenvalue weighted by atomic mass is 10.1. The van der Waals surface area contributed by atoms with Gasteiger partial charge in [0.05, 0.1) is 12.3 Å². The lowest BCUT2D eigenvalue weighted by Crippen LogP contribution is -2.31. The molecule has 1 saturated heterocycles. The smallest absolute Gasteiger partial charge is 0.258 e. The van der Waals surface area contributed by atoms with Gasteiger partial charge in [-0.25, -0.2) is 4.39 Å². The molecule has 1 unspecified atom stereocenters. The lowest BCUT2D eigenvalue weighted by Gasteiger charge is -2.23. The molecule has 1 aliphatic rings. The predicted molar refractivity (Wildman–Crippen MR) is 116 cm³/mol. The second-order valence-corrected chi connectivity index (χ2v) is 7.72. The largest absolute Gasteiger partial charge is 0.494 e. The number of hydrogen-bond acceptors (Lipinski definition) is 4. The highest BCUT2D eigenvalue weighted by Crippen LogP contribution is 2.29. The predicted octanol–water partition coefficient (Wildman–Crippen LogP) is 4.03. The highest BCUT2D eigenvalue weighted by molar-refractivity contribution is 6.05. The Hall–Kier alpha value is -2.60. The number of ether oxygens (including phenoxy) is 1. The molecule has 156 valence electrons. The van der Waals surface area contributed by atoms with E-state index in [0.717, 1.165) is 31.7 Å². The summed E-state index contributed by atoms with van der Waals surface area (Å²) in [4.78, 5) is 18.5. The average molecular weight is 400 g/mol. The molecule has 5 nitrogen and oxygen atoms in total. The third-order valence-corrected chi connectivity index (χ3v) is 5.43. The van der Waals surface area contributed by atoms with E-state index in [1.807, 2.05) is 6.92 Å². The van der Waals surface area contributed by atoms with Gasteiger partial charge in [0.2, 0.25) is 0 Å². The van der Waals surface area contributed by atoms with Crippen LogP contribution in [-0.2, 0) is 0 Å². The van der Waals surface area contributed by atoms with Crippen LogP contribution in [0.4, 0.5) is 15.8 Å². The van der Waals surface area contributed by atoms with Gasteiger partial charge in [0.1, 0.15) is 11.6 Å². The Balaban J connectivity index is 1.70. The molecule has 0 spiro atoms. The van der Waals surface area contributed by atoms with Crippen molar-refractivity contribution in [1.29, 1.82) is 0 Å². The zero-order valence-corrected chi connectivity index (χ0v) is 17.7. The van der Waals surface area contributed by atoms with Crippen LogP contribution in [0.2, 0.25) is 0 Å². The Morgan fingerprint density at radius 2 is 1.90 bits per heavy atom. The first-order chi connectivity index (χ1) is 13.9. The van der Waals surface area contributed by atoms with Gasteiger partial charge >= 0.3 is 0 Å². The maximum absolute atomic E-state index is 14.8. The van der Waals surface area contributed by atoms with E-state index in [-0.39, 0.29) is 11.7 Å². The minimum Gasteiger partial charge on any atom is -0.494 e. The van der Waals surface area contributed by atoms with Gasteiger partial charge < -0.3 is 19.4 Å². The molecule has 2 aromatic carbocycles. The molecule has 29 heavy (non-hydrogen) atoms. The maximum atomic E-state index is 14.8. The van der Waals surface area contributed by atoms with Crippen molar-refractivity contribution >= 4 is 17.3 Å². The first-order valence-electron chi connectivity index (χ1n) is 10.1. The van der Waals surface area contributed by atoms with Crippen molar-refractivity contribution < 1.29 is 13.9 Å². The number of nitrogens with zero attached hydrogens (tertiary/aromatic N) is 3. The van der Waals surface area contributed by atoms with Crippen molar-refractivity contribution in [2.75, 3.05) is 50.6 Å². The molecule has 1 amide bonds. The van der Waals surface area contributed by atoms with E-state index in [1.54, 1.807) is 43.4 Å². The lowest BCUT2D eigenvalue weighted by molar-refractivity contribution is 0.0993. The molecule has 0 radical (unpaired) electrons. The fraction of sp³-hybridized carbons (Fsp3) is 0.435. The Morgan fingerprint density at radius 3 is 2.48 bits per heavy atom. The van der Waals surface area contributed by atoms with E-state index >= 15 is 0 Å². The second kappa shape index (κ2) is 9.27. The fourth-order valence-corrected chi connectivity index (χ4v) is 3.57. The number of benzene rings is 2. The number of hydrogen-bond donors (Lipinski definition) is 0. The standard InChI is InChI=1S/C23H30FN3O2/c1-5-14-29-20-9-6-17(7-10-20)23(28)26(4)18-8-11-22(21(24)15-18)27-13-12-19(16-27)25(2)3/h6-11,15,19H,5,12-14,16H2,1-4H3. The van der Waals surface area contributed by atoms with Crippen LogP contribution in [0.3, 0.4) is 0 Å². The van der Waals surface area contributed by atoms with E-state index in [1.165, 1.54) is 11.0 Å². The number of anilines is 2. The average Bonchev–Trinajstić information content (AvgIpc) is 3.21. The molecular formula is C23H30FN3O2. The van der Waals surface area contributed by atoms with Gasteiger partial charge in [0, 0.05) is 37.4 Å². The van der Waals surface area contributed by atoms with E-state index in [4.69, 9.17) is 4.74 Å². The third kappa shape index (κ3) is 4.88. The number of halogens is 1. The number of likely N-dealkylation sites (N-methyl/N-ethyl adjacent to an activating group) is 1. The summed E-state index contributed by atoms with van der Waals surface area (Å²) in [7, 11) is 5.77. The zero-order chi connectivity index (χ0) is 21.0. The molecule has 3 rings (SSSR count). The summed E-state index contributed by atoms with van der Waals surface area (Å²) in [5, 5.41) is 0. The van der Waals surface area contributed by atoms with Gasteiger partial charge in [-0.1, -0.05) is 6.92 Å². The molecule has 1 aliphatic heterocycles. The van der Waals surface area contributed by atoms with Gasteiger partial charge in [-0.05, 0) is 69.4 Å². The minimum absolute atomic E-state index is 0.187. The molecule has 0 aromatic heterocycles. The summed E-state index contributed by atoms with van der Waals surface area (Å²) in [5.74, 6) is 0.251. The summed E-state index contributed by atoms with van der Waals surface area (Å²) in [6.45, 7) is 4.33. The highest BCUT2D eigenvalue weighted by atomic mass is 19.1. The number of rotatable bonds is 7. The van der Waals surface area contributed by atoms with Gasteiger partial charge in [-0.3, -0.25) is 4.79 Å². The van der Waals surface area contributed by atoms with Crippen molar-refractivity contribution in [2.45, 2.75) is 25.8 Å². The van der Waals surface area contributed by atoms with Crippen LogP contribution in [0.5, 0.6) is 5.75 Å². The maximum Gasteiger partial charge on any atom is 0.258 e. The molecule has 0 N–H and O–H groups in total. The van der Waals surface area contributed by atoms with Crippen LogP contribution >= 0.6 is 0 Å². The van der Waals surface area contributed by atoms with Crippen LogP contribution in [0.1, 0.15) is 30.1 Å². The highest BCUT2D eigenvalue weighted by Gasteiger charge is 2.26. The summed E-state index contributed by atoms with van der Waals surface area (Å²) in [5.41, 5.74) is 1.66. The van der Waals surface area contributed by atoms with Gasteiger partial charge in [-0.15, -0.1) is 0 Å². The first-order valence-corrected chi connectivity index (χ1v) is 10.1. The monoisotopic (exact) mass is 399 g/mol. The summed E-state index contributed by atoms with van der Waals surface area (Å²) < 4.78 is 20.4. The van der Waals surface area contributed by atoms with Gasteiger partial charge in [0.15, 0.2) is 0 Å². The van der Waals surface area contributed by atoms with Crippen LogP contribution in [0.25, 0.3) is 0 Å². The molecule has 6 heteroatoms. The number of carbonyl (C=O) groups excluding carboxylic acids is 1. The molecule has 1 atom stereocenters. The minimum atomic E-state index is -0.301. The molecule has 0 bridgehead atoms. The van der Waals surface area contributed by atoms with E-state index in [2.05, 4.69) is 23.9 Å². The summed E-state index contributed by atoms with van der Waals surface area (Å²) in [6, 6.07) is 12.5. The first kappa shape index (κ1) is 21.1. The SMILES string of the molecule is CCCOc1ccc(C(=O)N(C)c2ccc(N3CCC(N(C)C)C3)c(F)c2)cc1. The molecule has 2 aromatic rings. The Labute approximate surface area is 172 Å². The molecule has 1 heterocycles. The van der Waals surface area contributed by atoms with Crippen molar-refractivity contribution in [3.05, 3.63) is 53.8 Å². The van der Waals surface area contributed by atoms with Crippen LogP contribution < -0.4 is 14.5 Å². The van der Waals surface area contributed by atoms with E-state index in [0.29, 0.717) is 29.6 Å². The van der Waals surface area contributed by atoms with Crippen LogP contribution in [0.15, 0.2) is 42.5 Å². The zero-order valence-electron chi connectivity index (χ0n) is 17.7. The summed E-state index contributed by atoms with van der Waals surface area (Å²) >= 11 is 0. The van der Waals surface area contributed by atoms with Gasteiger partial charge in [0.25, 0.3) is 5.91 Å². The molecule has 1 fully saturated rings. The van der Waals surface area contributed by atoms with Crippen LogP contribution in [-0.4, -0.2) is 57.7 Å². The third-order valence-electron chi connectivity index (χ3n) is 5.43. The molecular weight excluding hydrogens is 369 g/mol. The van der Waals surface area contributed by atoms with Crippen LogP contribution in [0, 0.1) is 5.82 Å². The second-order valence-electron chi connectivity index (χ2n) is 7.72. The van der Waals surface area contributed by atoms with E-state index < -0.39 is 0 Å². The van der Waals surface area contributed by atoms with Crippen molar-refractivity contribution in [1.82, 2.24) is 4.90 Å². The number of amides is 1. The summed E-state index contributed by atoms with van der Waals surface area (Å²) in [6.07, 6.45) is 1.95. The van der Waals surface area contributed by atoms with Gasteiger partial charge in [-0.2, -0.15) is 0 Å². The Bertz CT molecular complexity index is 839. The quantitative estimate of drug-likeness (QED) is 0.704. The molecule has 0 saturated carbocycles. The Kier molecular flexibility index (Phi) is 6.75. The topological polar surface area (TPSA) is 36.0 Å². The fourth-order valence-electron chi connectivity index (χ4n) is 3.57. The van der Waals surface area contributed by atoms with Crippen molar-refractivity contribution in [3.63, 3.8) is 0 Å².